The van der Waals surface area contributed by atoms with Crippen molar-refractivity contribution in [2.45, 2.75) is 50.7 Å². The summed E-state index contributed by atoms with van der Waals surface area (Å²) in [6, 6.07) is 8.44. The van der Waals surface area contributed by atoms with Crippen LogP contribution < -0.4 is 4.90 Å². The predicted octanol–water partition coefficient (Wildman–Crippen LogP) is 6.54. The third-order valence-corrected chi connectivity index (χ3v) is 9.52. The Morgan fingerprint density at radius 2 is 2.02 bits per heavy atom. The van der Waals surface area contributed by atoms with Gasteiger partial charge in [0.25, 0.3) is 0 Å². The van der Waals surface area contributed by atoms with Crippen LogP contribution in [-0.2, 0) is 9.47 Å². The Morgan fingerprint density at radius 3 is 2.73 bits per heavy atom. The normalized spacial score (nSPS) is 21.8. The highest BCUT2D eigenvalue weighted by atomic mass is 35.5. The Bertz CT molecular complexity index is 1660. The molecule has 0 radical (unpaired) electrons. The van der Waals surface area contributed by atoms with E-state index in [1.54, 1.807) is 12.1 Å². The number of ether oxygens (including phenoxy) is 2. The molecule has 0 amide bonds. The van der Waals surface area contributed by atoms with Crippen LogP contribution in [0.25, 0.3) is 21.5 Å². The van der Waals surface area contributed by atoms with E-state index in [-0.39, 0.29) is 35.1 Å². The molecule has 0 unspecified atom stereocenters. The number of piperidine rings is 1. The van der Waals surface area contributed by atoms with Gasteiger partial charge in [0, 0.05) is 36.4 Å². The molecule has 0 N–H and O–H groups in total. The monoisotopic (exact) mass is 581 g/mol. The van der Waals surface area contributed by atoms with E-state index in [0.717, 1.165) is 30.9 Å². The SMILES string of the molecule is COC(=O)c1cc(F)c2nc(N3C[C@@H]4C[C@H]3C[C@@H]4OC(=O)c3c(-c4c(C)cccc4Cl)noc3C3CC3)sc2c1. The second kappa shape index (κ2) is 9.55. The number of fused-ring (bicyclic) bond motifs is 3. The third kappa shape index (κ3) is 4.16. The van der Waals surface area contributed by atoms with Crippen molar-refractivity contribution in [2.75, 3.05) is 18.6 Å². The molecule has 2 bridgehead atoms. The van der Waals surface area contributed by atoms with E-state index < -0.39 is 17.8 Å². The molecule has 206 valence electrons. The number of benzene rings is 2. The molecule has 2 aromatic heterocycles. The maximum Gasteiger partial charge on any atom is 0.344 e. The van der Waals surface area contributed by atoms with Crippen LogP contribution in [0, 0.1) is 18.7 Å². The molecule has 4 aromatic rings. The van der Waals surface area contributed by atoms with E-state index in [9.17, 15) is 14.0 Å². The van der Waals surface area contributed by atoms with Crippen LogP contribution in [-0.4, -0.2) is 47.9 Å². The number of halogens is 2. The number of aromatic nitrogens is 2. The van der Waals surface area contributed by atoms with Gasteiger partial charge in [-0.25, -0.2) is 19.0 Å². The summed E-state index contributed by atoms with van der Waals surface area (Å²) in [7, 11) is 1.27. The molecule has 2 aliphatic carbocycles. The summed E-state index contributed by atoms with van der Waals surface area (Å²) in [6.45, 7) is 2.57. The molecule has 11 heteroatoms. The first kappa shape index (κ1) is 25.5. The molecule has 3 atom stereocenters. The van der Waals surface area contributed by atoms with Crippen molar-refractivity contribution in [2.24, 2.45) is 5.92 Å². The molecule has 0 spiro atoms. The van der Waals surface area contributed by atoms with Crippen molar-refractivity contribution >= 4 is 50.2 Å². The number of carbonyl (C=O) groups excluding carboxylic acids is 2. The Hall–Kier alpha value is -3.50. The van der Waals surface area contributed by atoms with E-state index >= 15 is 0 Å². The van der Waals surface area contributed by atoms with Gasteiger partial charge in [0.1, 0.15) is 22.9 Å². The molecule has 3 fully saturated rings. The topological polar surface area (TPSA) is 94.8 Å². The number of nitrogens with zero attached hydrogens (tertiary/aromatic N) is 3. The number of hydrogen-bond acceptors (Lipinski definition) is 9. The lowest BCUT2D eigenvalue weighted by atomic mass is 10.00. The predicted molar refractivity (Wildman–Crippen MR) is 148 cm³/mol. The minimum Gasteiger partial charge on any atom is -0.465 e. The Morgan fingerprint density at radius 1 is 1.20 bits per heavy atom. The number of rotatable bonds is 6. The minimum absolute atomic E-state index is 0.113. The van der Waals surface area contributed by atoms with Gasteiger partial charge < -0.3 is 18.9 Å². The van der Waals surface area contributed by atoms with Crippen LogP contribution in [0.5, 0.6) is 0 Å². The van der Waals surface area contributed by atoms with Gasteiger partial charge in [-0.1, -0.05) is 40.2 Å². The molecule has 2 saturated carbocycles. The third-order valence-electron chi connectivity index (χ3n) is 8.17. The Labute approximate surface area is 238 Å². The maximum absolute atomic E-state index is 14.7. The second-order valence-electron chi connectivity index (χ2n) is 10.8. The van der Waals surface area contributed by atoms with Crippen molar-refractivity contribution in [3.8, 4) is 11.3 Å². The van der Waals surface area contributed by atoms with Crippen LogP contribution in [0.3, 0.4) is 0 Å². The van der Waals surface area contributed by atoms with Gasteiger partial charge >= 0.3 is 11.9 Å². The lowest BCUT2D eigenvalue weighted by molar-refractivity contribution is 0.0191. The van der Waals surface area contributed by atoms with E-state index in [1.165, 1.54) is 18.4 Å². The highest BCUT2D eigenvalue weighted by molar-refractivity contribution is 7.22. The van der Waals surface area contributed by atoms with Gasteiger partial charge in [-0.2, -0.15) is 0 Å². The molecule has 2 aromatic carbocycles. The van der Waals surface area contributed by atoms with Crippen LogP contribution in [0.4, 0.5) is 9.52 Å². The number of aryl methyl sites for hydroxylation is 1. The van der Waals surface area contributed by atoms with Crippen LogP contribution >= 0.6 is 22.9 Å². The average molecular weight is 582 g/mol. The first-order valence-corrected chi connectivity index (χ1v) is 14.4. The Balaban J connectivity index is 1.11. The van der Waals surface area contributed by atoms with E-state index in [4.69, 9.17) is 25.6 Å². The quantitative estimate of drug-likeness (QED) is 0.237. The molecule has 8 nitrogen and oxygen atoms in total. The van der Waals surface area contributed by atoms with E-state index in [2.05, 4.69) is 15.0 Å². The first-order valence-electron chi connectivity index (χ1n) is 13.2. The molecule has 40 heavy (non-hydrogen) atoms. The fourth-order valence-electron chi connectivity index (χ4n) is 6.04. The standard InChI is InChI=1S/C29H25ClFN3O5S/c1-13-4-3-5-18(30)22(13)25-23(26(39-33-25)14-6-7-14)28(36)38-20-11-17-8-16(20)12-34(17)29-32-24-19(31)9-15(27(35)37-2)10-21(24)40-29/h3-5,9-10,14,16-17,20H,6-8,11-12H2,1-2H3/t16-,17-,20-/m0/s1. The van der Waals surface area contributed by atoms with Crippen molar-refractivity contribution < 1.29 is 28.0 Å². The zero-order chi connectivity index (χ0) is 27.7. The highest BCUT2D eigenvalue weighted by Crippen LogP contribution is 2.47. The maximum atomic E-state index is 14.7. The number of methoxy groups -OCH3 is 1. The zero-order valence-electron chi connectivity index (χ0n) is 21.8. The number of thiazole rings is 1. The summed E-state index contributed by atoms with van der Waals surface area (Å²) in [5.41, 5.74) is 2.79. The summed E-state index contributed by atoms with van der Waals surface area (Å²) in [6.07, 6.45) is 3.13. The Kier molecular flexibility index (Phi) is 6.08. The number of carbonyl (C=O) groups is 2. The van der Waals surface area contributed by atoms with E-state index in [1.807, 2.05) is 19.1 Å². The molecule has 7 rings (SSSR count). The van der Waals surface area contributed by atoms with Crippen molar-refractivity contribution in [3.05, 3.63) is 63.6 Å². The summed E-state index contributed by atoms with van der Waals surface area (Å²) in [5.74, 6) is -0.717. The highest BCUT2D eigenvalue weighted by Gasteiger charge is 2.48. The number of esters is 2. The van der Waals surface area contributed by atoms with Crippen LogP contribution in [0.15, 0.2) is 34.9 Å². The van der Waals surface area contributed by atoms with Crippen molar-refractivity contribution in [1.82, 2.24) is 10.1 Å². The summed E-state index contributed by atoms with van der Waals surface area (Å²) in [5, 5.41) is 5.48. The second-order valence-corrected chi connectivity index (χ2v) is 12.2. The zero-order valence-corrected chi connectivity index (χ0v) is 23.4. The van der Waals surface area contributed by atoms with Gasteiger partial charge in [-0.3, -0.25) is 0 Å². The van der Waals surface area contributed by atoms with Gasteiger partial charge in [0.05, 0.1) is 22.4 Å². The van der Waals surface area contributed by atoms with Gasteiger partial charge in [0.15, 0.2) is 16.7 Å². The van der Waals surface area contributed by atoms with Gasteiger partial charge in [-0.15, -0.1) is 0 Å². The number of anilines is 1. The molecular formula is C29H25ClFN3O5S. The molecule has 1 aliphatic heterocycles. The molecule has 1 saturated heterocycles. The van der Waals surface area contributed by atoms with Crippen molar-refractivity contribution in [1.29, 1.82) is 0 Å². The fourth-order valence-corrected chi connectivity index (χ4v) is 7.46. The fraction of sp³-hybridized carbons (Fsp3) is 0.379. The largest absolute Gasteiger partial charge is 0.465 e. The molecule has 3 aliphatic rings. The van der Waals surface area contributed by atoms with Crippen LogP contribution in [0.1, 0.15) is 63.6 Å². The molecular weight excluding hydrogens is 557 g/mol. The minimum atomic E-state index is -0.592. The smallest absolute Gasteiger partial charge is 0.344 e. The van der Waals surface area contributed by atoms with E-state index in [0.29, 0.717) is 50.4 Å². The lowest BCUT2D eigenvalue weighted by Gasteiger charge is -2.31. The van der Waals surface area contributed by atoms with Crippen LogP contribution in [0.2, 0.25) is 5.02 Å². The lowest BCUT2D eigenvalue weighted by Crippen LogP contribution is -2.39. The summed E-state index contributed by atoms with van der Waals surface area (Å²) >= 11 is 7.87. The summed E-state index contributed by atoms with van der Waals surface area (Å²) in [4.78, 5) is 32.3. The van der Waals surface area contributed by atoms with Crippen molar-refractivity contribution in [3.63, 3.8) is 0 Å². The summed E-state index contributed by atoms with van der Waals surface area (Å²) < 4.78 is 31.9. The molecule has 3 heterocycles. The first-order chi connectivity index (χ1) is 19.3. The van der Waals surface area contributed by atoms with Gasteiger partial charge in [0.2, 0.25) is 0 Å². The average Bonchev–Trinajstić information content (AvgIpc) is 3.26. The number of hydrogen-bond donors (Lipinski definition) is 0. The van der Waals surface area contributed by atoms with Gasteiger partial charge in [-0.05, 0) is 49.9 Å².